The van der Waals surface area contributed by atoms with Gasteiger partial charge in [0.1, 0.15) is 5.54 Å². The first-order valence-corrected chi connectivity index (χ1v) is 7.53. The van der Waals surface area contributed by atoms with Crippen LogP contribution in [0.1, 0.15) is 47.5 Å². The van der Waals surface area contributed by atoms with E-state index in [4.69, 9.17) is 4.74 Å². The van der Waals surface area contributed by atoms with Crippen LogP contribution in [0.3, 0.4) is 0 Å². The van der Waals surface area contributed by atoms with Crippen LogP contribution >= 0.6 is 0 Å². The smallest absolute Gasteiger partial charge is 0.327 e. The fourth-order valence-electron chi connectivity index (χ4n) is 2.47. The Morgan fingerprint density at radius 2 is 1.84 bits per heavy atom. The van der Waals surface area contributed by atoms with Crippen LogP contribution < -0.4 is 5.32 Å². The molecule has 0 bridgehead atoms. The lowest BCUT2D eigenvalue weighted by Gasteiger charge is -2.35. The zero-order chi connectivity index (χ0) is 14.9. The van der Waals surface area contributed by atoms with Crippen LogP contribution in [-0.2, 0) is 9.53 Å². The summed E-state index contributed by atoms with van der Waals surface area (Å²) in [5.41, 5.74) is -0.620. The van der Waals surface area contributed by atoms with Crippen LogP contribution in [0.4, 0.5) is 0 Å². The van der Waals surface area contributed by atoms with Gasteiger partial charge in [0, 0.05) is 13.1 Å². The molecule has 0 aliphatic heterocycles. The molecular weight excluding hydrogens is 240 g/mol. The topological polar surface area (TPSA) is 41.6 Å². The molecular formula is C15H32N2O2. The van der Waals surface area contributed by atoms with Crippen LogP contribution in [0.15, 0.2) is 0 Å². The third-order valence-electron chi connectivity index (χ3n) is 3.86. The van der Waals surface area contributed by atoms with E-state index in [2.05, 4.69) is 31.0 Å². The lowest BCUT2D eigenvalue weighted by molar-refractivity contribution is -0.148. The van der Waals surface area contributed by atoms with Crippen molar-refractivity contribution in [3.05, 3.63) is 0 Å². The molecule has 1 unspecified atom stereocenters. The molecule has 0 aromatic heterocycles. The molecule has 0 saturated heterocycles. The average molecular weight is 272 g/mol. The minimum Gasteiger partial charge on any atom is -0.468 e. The van der Waals surface area contributed by atoms with E-state index in [1.54, 1.807) is 0 Å². The average Bonchev–Trinajstić information content (AvgIpc) is 2.42. The summed E-state index contributed by atoms with van der Waals surface area (Å²) in [5.74, 6) is 0.515. The first-order valence-electron chi connectivity index (χ1n) is 7.53. The molecule has 4 heteroatoms. The minimum absolute atomic E-state index is 0.183. The molecule has 0 rings (SSSR count). The Morgan fingerprint density at radius 1 is 1.26 bits per heavy atom. The summed E-state index contributed by atoms with van der Waals surface area (Å²) >= 11 is 0. The van der Waals surface area contributed by atoms with Gasteiger partial charge in [-0.05, 0) is 25.9 Å². The third-order valence-corrected chi connectivity index (χ3v) is 3.86. The molecule has 0 radical (unpaired) electrons. The van der Waals surface area contributed by atoms with Gasteiger partial charge in [-0.25, -0.2) is 0 Å². The summed E-state index contributed by atoms with van der Waals surface area (Å²) in [5, 5.41) is 3.27. The van der Waals surface area contributed by atoms with Gasteiger partial charge in [0.25, 0.3) is 0 Å². The maximum Gasteiger partial charge on any atom is 0.327 e. The molecule has 0 heterocycles. The molecule has 1 N–H and O–H groups in total. The maximum absolute atomic E-state index is 12.0. The fourth-order valence-corrected chi connectivity index (χ4v) is 2.47. The number of nitrogens with one attached hydrogen (secondary N) is 1. The van der Waals surface area contributed by atoms with E-state index in [1.165, 1.54) is 20.0 Å². The summed E-state index contributed by atoms with van der Waals surface area (Å²) in [6, 6.07) is 0. The summed E-state index contributed by atoms with van der Waals surface area (Å²) < 4.78 is 4.94. The first-order chi connectivity index (χ1) is 8.97. The molecule has 0 fully saturated rings. The fraction of sp³-hybridized carbons (Fsp3) is 0.933. The van der Waals surface area contributed by atoms with Crippen LogP contribution in [0.25, 0.3) is 0 Å². The standard InChI is InChI=1S/C15H32N2O2/c1-7-13(8-2)11-17(10-4)12-15(5,16-9-3)14(18)19-6/h13,16H,7-12H2,1-6H3. The van der Waals surface area contributed by atoms with Crippen LogP contribution in [0.5, 0.6) is 0 Å². The number of carbonyl (C=O) groups excluding carboxylic acids is 1. The van der Waals surface area contributed by atoms with E-state index in [1.807, 2.05) is 13.8 Å². The minimum atomic E-state index is -0.620. The third kappa shape index (κ3) is 5.91. The molecule has 0 saturated carbocycles. The van der Waals surface area contributed by atoms with Crippen molar-refractivity contribution in [2.24, 2.45) is 5.92 Å². The van der Waals surface area contributed by atoms with Gasteiger partial charge >= 0.3 is 5.97 Å². The number of carbonyl (C=O) groups is 1. The second-order valence-electron chi connectivity index (χ2n) is 5.36. The molecule has 19 heavy (non-hydrogen) atoms. The molecule has 0 aromatic rings. The Hall–Kier alpha value is -0.610. The number of ether oxygens (including phenoxy) is 1. The van der Waals surface area contributed by atoms with Crippen LogP contribution in [-0.4, -0.2) is 49.7 Å². The van der Waals surface area contributed by atoms with Gasteiger partial charge < -0.3 is 15.0 Å². The van der Waals surface area contributed by atoms with Crippen molar-refractivity contribution < 1.29 is 9.53 Å². The SMILES string of the molecule is CCNC(C)(CN(CC)CC(CC)CC)C(=O)OC. The van der Waals surface area contributed by atoms with E-state index < -0.39 is 5.54 Å². The largest absolute Gasteiger partial charge is 0.468 e. The Balaban J connectivity index is 4.73. The lowest BCUT2D eigenvalue weighted by atomic mass is 9.98. The van der Waals surface area contributed by atoms with E-state index in [-0.39, 0.29) is 5.97 Å². The maximum atomic E-state index is 12.0. The monoisotopic (exact) mass is 272 g/mol. The molecule has 1 atom stereocenters. The van der Waals surface area contributed by atoms with Crippen molar-refractivity contribution in [2.75, 3.05) is 33.3 Å². The van der Waals surface area contributed by atoms with E-state index in [0.717, 1.165) is 19.6 Å². The van der Waals surface area contributed by atoms with Crippen molar-refractivity contribution in [3.63, 3.8) is 0 Å². The zero-order valence-corrected chi connectivity index (χ0v) is 13.6. The number of hydrogen-bond donors (Lipinski definition) is 1. The predicted octanol–water partition coefficient (Wildman–Crippen LogP) is 2.29. The second-order valence-corrected chi connectivity index (χ2v) is 5.36. The molecule has 0 aliphatic carbocycles. The van der Waals surface area contributed by atoms with Crippen molar-refractivity contribution in [2.45, 2.75) is 53.0 Å². The highest BCUT2D eigenvalue weighted by atomic mass is 16.5. The van der Waals surface area contributed by atoms with Gasteiger partial charge in [0.15, 0.2) is 0 Å². The van der Waals surface area contributed by atoms with E-state index in [9.17, 15) is 4.79 Å². The van der Waals surface area contributed by atoms with Gasteiger partial charge in [0.05, 0.1) is 7.11 Å². The number of rotatable bonds is 10. The molecule has 114 valence electrons. The van der Waals surface area contributed by atoms with Crippen molar-refractivity contribution in [3.8, 4) is 0 Å². The van der Waals surface area contributed by atoms with Crippen molar-refractivity contribution in [1.29, 1.82) is 0 Å². The highest BCUT2D eigenvalue weighted by Gasteiger charge is 2.35. The number of hydrogen-bond acceptors (Lipinski definition) is 4. The summed E-state index contributed by atoms with van der Waals surface area (Å²) in [4.78, 5) is 14.3. The second kappa shape index (κ2) is 9.32. The molecule has 0 aliphatic rings. The first kappa shape index (κ1) is 18.4. The Morgan fingerprint density at radius 3 is 2.21 bits per heavy atom. The highest BCUT2D eigenvalue weighted by molar-refractivity contribution is 5.80. The summed E-state index contributed by atoms with van der Waals surface area (Å²) in [6.07, 6.45) is 2.37. The Kier molecular flexibility index (Phi) is 9.02. The van der Waals surface area contributed by atoms with Crippen molar-refractivity contribution in [1.82, 2.24) is 10.2 Å². The van der Waals surface area contributed by atoms with E-state index in [0.29, 0.717) is 12.5 Å². The van der Waals surface area contributed by atoms with E-state index >= 15 is 0 Å². The number of esters is 1. The molecule has 0 amide bonds. The summed E-state index contributed by atoms with van der Waals surface area (Å²) in [6.45, 7) is 14.0. The highest BCUT2D eigenvalue weighted by Crippen LogP contribution is 2.14. The molecule has 4 nitrogen and oxygen atoms in total. The molecule has 0 aromatic carbocycles. The quantitative estimate of drug-likeness (QED) is 0.620. The van der Waals surface area contributed by atoms with Gasteiger partial charge in [0.2, 0.25) is 0 Å². The Labute approximate surface area is 118 Å². The number of methoxy groups -OCH3 is 1. The van der Waals surface area contributed by atoms with Crippen molar-refractivity contribution >= 4 is 5.97 Å². The number of nitrogens with zero attached hydrogens (tertiary/aromatic N) is 1. The van der Waals surface area contributed by atoms with Crippen LogP contribution in [0, 0.1) is 5.92 Å². The normalized spacial score (nSPS) is 14.7. The van der Waals surface area contributed by atoms with Gasteiger partial charge in [-0.1, -0.05) is 40.5 Å². The van der Waals surface area contributed by atoms with Gasteiger partial charge in [-0.3, -0.25) is 4.79 Å². The zero-order valence-electron chi connectivity index (χ0n) is 13.6. The predicted molar refractivity (Wildman–Crippen MR) is 80.3 cm³/mol. The lowest BCUT2D eigenvalue weighted by Crippen LogP contribution is -2.57. The Bertz CT molecular complexity index is 255. The summed E-state index contributed by atoms with van der Waals surface area (Å²) in [7, 11) is 1.45. The van der Waals surface area contributed by atoms with Gasteiger partial charge in [-0.15, -0.1) is 0 Å². The van der Waals surface area contributed by atoms with Gasteiger partial charge in [-0.2, -0.15) is 0 Å². The molecule has 0 spiro atoms. The van der Waals surface area contributed by atoms with Crippen LogP contribution in [0.2, 0.25) is 0 Å². The number of likely N-dealkylation sites (N-methyl/N-ethyl adjacent to an activating group) is 2.